The molecule has 10 heteroatoms. The maximum absolute atomic E-state index is 12.8. The largest absolute Gasteiger partial charge is 0.489 e. The van der Waals surface area contributed by atoms with Crippen molar-refractivity contribution < 1.29 is 27.1 Å². The second-order valence-electron chi connectivity index (χ2n) is 10.5. The molecule has 0 aliphatic carbocycles. The molecule has 0 atom stereocenters. The fraction of sp³-hybridized carbons (Fsp3) is 0.433. The third-order valence-electron chi connectivity index (χ3n) is 7.43. The van der Waals surface area contributed by atoms with Crippen LogP contribution >= 0.6 is 15.9 Å². The Hall–Kier alpha value is -2.82. The predicted octanol–water partition coefficient (Wildman–Crippen LogP) is 6.18. The summed E-state index contributed by atoms with van der Waals surface area (Å²) in [7, 11) is 0. The van der Waals surface area contributed by atoms with Crippen LogP contribution in [0.5, 0.6) is 5.75 Å². The number of piperidine rings is 2. The van der Waals surface area contributed by atoms with Gasteiger partial charge in [0.25, 0.3) is 0 Å². The van der Waals surface area contributed by atoms with Crippen molar-refractivity contribution in [3.63, 3.8) is 0 Å². The van der Waals surface area contributed by atoms with E-state index in [1.807, 2.05) is 6.07 Å². The fourth-order valence-corrected chi connectivity index (χ4v) is 5.73. The van der Waals surface area contributed by atoms with Crippen LogP contribution in [0, 0.1) is 0 Å². The van der Waals surface area contributed by atoms with Crippen LogP contribution in [0.25, 0.3) is 11.3 Å². The van der Waals surface area contributed by atoms with Crippen LogP contribution in [0.1, 0.15) is 42.6 Å². The molecule has 1 aromatic heterocycles. The van der Waals surface area contributed by atoms with Gasteiger partial charge in [0.05, 0.1) is 16.5 Å². The second-order valence-corrected chi connectivity index (χ2v) is 11.3. The van der Waals surface area contributed by atoms with Crippen LogP contribution in [-0.2, 0) is 23.9 Å². The number of carbonyl (C=O) groups is 1. The highest BCUT2D eigenvalue weighted by Crippen LogP contribution is 2.32. The Morgan fingerprint density at radius 1 is 1.02 bits per heavy atom. The molecule has 0 spiro atoms. The van der Waals surface area contributed by atoms with Gasteiger partial charge in [0.2, 0.25) is 5.91 Å². The topological polar surface area (TPSA) is 66.7 Å². The highest BCUT2D eigenvalue weighted by Gasteiger charge is 2.30. The molecule has 214 valence electrons. The lowest BCUT2D eigenvalue weighted by atomic mass is 10.0. The predicted molar refractivity (Wildman–Crippen MR) is 150 cm³/mol. The summed E-state index contributed by atoms with van der Waals surface area (Å²) >= 11 is 3.67. The molecule has 2 aliphatic heterocycles. The molecule has 3 heterocycles. The van der Waals surface area contributed by atoms with Gasteiger partial charge in [0.1, 0.15) is 23.4 Å². The van der Waals surface area contributed by atoms with Gasteiger partial charge in [0, 0.05) is 31.2 Å². The number of ether oxygens (including phenoxy) is 1. The van der Waals surface area contributed by atoms with Gasteiger partial charge >= 0.3 is 6.18 Å². The Kier molecular flexibility index (Phi) is 9.17. The van der Waals surface area contributed by atoms with Gasteiger partial charge < -0.3 is 19.8 Å². The highest BCUT2D eigenvalue weighted by atomic mass is 79.9. The number of halogens is 4. The van der Waals surface area contributed by atoms with Gasteiger partial charge in [-0.2, -0.15) is 13.2 Å². The Bertz CT molecular complexity index is 1280. The summed E-state index contributed by atoms with van der Waals surface area (Å²) in [6.07, 6.45) is -0.286. The maximum Gasteiger partial charge on any atom is 0.416 e. The number of hydrogen-bond acceptors (Lipinski definition) is 5. The second kappa shape index (κ2) is 12.8. The first-order valence-corrected chi connectivity index (χ1v) is 14.5. The molecule has 2 saturated heterocycles. The highest BCUT2D eigenvalue weighted by molar-refractivity contribution is 9.10. The molecule has 1 amide bonds. The van der Waals surface area contributed by atoms with Gasteiger partial charge in [-0.3, -0.25) is 9.69 Å². The van der Waals surface area contributed by atoms with Crippen molar-refractivity contribution >= 4 is 21.8 Å². The van der Waals surface area contributed by atoms with Crippen molar-refractivity contribution in [3.05, 3.63) is 76.0 Å². The van der Waals surface area contributed by atoms with Crippen LogP contribution in [0.2, 0.25) is 0 Å². The minimum atomic E-state index is -4.38. The molecule has 2 aliphatic rings. The summed E-state index contributed by atoms with van der Waals surface area (Å²) in [5.74, 6) is 1.67. The van der Waals surface area contributed by atoms with E-state index < -0.39 is 11.7 Å². The van der Waals surface area contributed by atoms with E-state index in [1.165, 1.54) is 17.7 Å². The van der Waals surface area contributed by atoms with Crippen LogP contribution in [0.15, 0.2) is 63.5 Å². The number of furan rings is 1. The van der Waals surface area contributed by atoms with Gasteiger partial charge in [-0.1, -0.05) is 18.2 Å². The van der Waals surface area contributed by atoms with E-state index in [-0.39, 0.29) is 24.5 Å². The van der Waals surface area contributed by atoms with Gasteiger partial charge in [0.15, 0.2) is 0 Å². The van der Waals surface area contributed by atoms with E-state index in [0.717, 1.165) is 80.8 Å². The van der Waals surface area contributed by atoms with Crippen molar-refractivity contribution in [2.24, 2.45) is 0 Å². The zero-order valence-electron chi connectivity index (χ0n) is 22.1. The Labute approximate surface area is 240 Å². The number of alkyl halides is 3. The van der Waals surface area contributed by atoms with Crippen molar-refractivity contribution in [2.75, 3.05) is 26.2 Å². The Morgan fingerprint density at radius 2 is 1.75 bits per heavy atom. The van der Waals surface area contributed by atoms with Crippen LogP contribution < -0.4 is 15.4 Å². The van der Waals surface area contributed by atoms with Gasteiger partial charge in [-0.25, -0.2) is 0 Å². The van der Waals surface area contributed by atoms with E-state index in [1.54, 1.807) is 12.1 Å². The fourth-order valence-electron chi connectivity index (χ4n) is 5.21. The molecule has 0 radical (unpaired) electrons. The van der Waals surface area contributed by atoms with Crippen LogP contribution in [-0.4, -0.2) is 49.1 Å². The van der Waals surface area contributed by atoms with Gasteiger partial charge in [-0.15, -0.1) is 0 Å². The number of carbonyl (C=O) groups excluding carboxylic acids is 1. The number of hydrogen-bond donors (Lipinski definition) is 2. The lowest BCUT2D eigenvalue weighted by molar-refractivity contribution is -0.137. The first-order valence-electron chi connectivity index (χ1n) is 13.7. The van der Waals surface area contributed by atoms with E-state index in [0.29, 0.717) is 17.1 Å². The number of amides is 1. The third kappa shape index (κ3) is 7.67. The van der Waals surface area contributed by atoms with E-state index >= 15 is 0 Å². The molecular formula is C30H33BrF3N3O3. The minimum Gasteiger partial charge on any atom is -0.489 e. The number of benzene rings is 2. The number of rotatable bonds is 8. The Morgan fingerprint density at radius 3 is 2.42 bits per heavy atom. The molecule has 40 heavy (non-hydrogen) atoms. The molecule has 2 N–H and O–H groups in total. The molecule has 5 rings (SSSR count). The standard InChI is InChI=1S/C30H33BrF3N3O3/c31-26-17-20(1-7-28(26)39-24-9-13-35-14-10-24)19-37-15-11-23(12-16-37)36-29(38)18-25-6-8-27(40-25)21-2-4-22(5-3-21)30(32,33)34/h1-8,17,23-24,35H,9-16,18-19H2,(H,36,38). The third-order valence-corrected chi connectivity index (χ3v) is 8.05. The zero-order chi connectivity index (χ0) is 28.1. The van der Waals surface area contributed by atoms with Crippen molar-refractivity contribution in [3.8, 4) is 17.1 Å². The van der Waals surface area contributed by atoms with E-state index in [9.17, 15) is 18.0 Å². The molecule has 6 nitrogen and oxygen atoms in total. The van der Waals surface area contributed by atoms with Crippen molar-refractivity contribution in [1.29, 1.82) is 0 Å². The van der Waals surface area contributed by atoms with Crippen molar-refractivity contribution in [1.82, 2.24) is 15.5 Å². The molecule has 0 saturated carbocycles. The van der Waals surface area contributed by atoms with E-state index in [2.05, 4.69) is 43.6 Å². The summed E-state index contributed by atoms with van der Waals surface area (Å²) in [5.41, 5.74) is 1.04. The summed E-state index contributed by atoms with van der Waals surface area (Å²) < 4.78 is 51.3. The lowest BCUT2D eigenvalue weighted by Gasteiger charge is -2.32. The monoisotopic (exact) mass is 619 g/mol. The Balaban J connectivity index is 1.05. The maximum atomic E-state index is 12.8. The molecule has 3 aromatic rings. The van der Waals surface area contributed by atoms with Crippen LogP contribution in [0.4, 0.5) is 13.2 Å². The lowest BCUT2D eigenvalue weighted by Crippen LogP contribution is -2.44. The van der Waals surface area contributed by atoms with Gasteiger partial charge in [-0.05, 0) is 96.7 Å². The molecular weight excluding hydrogens is 587 g/mol. The molecule has 2 fully saturated rings. The number of likely N-dealkylation sites (tertiary alicyclic amines) is 1. The first-order chi connectivity index (χ1) is 19.2. The minimum absolute atomic E-state index is 0.0840. The number of nitrogens with one attached hydrogen (secondary N) is 2. The molecule has 2 aromatic carbocycles. The zero-order valence-corrected chi connectivity index (χ0v) is 23.7. The molecule has 0 unspecified atom stereocenters. The average molecular weight is 621 g/mol. The first kappa shape index (κ1) is 28.7. The van der Waals surface area contributed by atoms with Crippen LogP contribution in [0.3, 0.4) is 0 Å². The smallest absolute Gasteiger partial charge is 0.416 e. The van der Waals surface area contributed by atoms with Crippen molar-refractivity contribution in [2.45, 2.75) is 57.0 Å². The summed E-state index contributed by atoms with van der Waals surface area (Å²) in [6, 6.07) is 14.6. The summed E-state index contributed by atoms with van der Waals surface area (Å²) in [6.45, 7) is 4.59. The van der Waals surface area contributed by atoms with E-state index in [4.69, 9.17) is 9.15 Å². The summed E-state index contributed by atoms with van der Waals surface area (Å²) in [5, 5.41) is 6.45. The quantitative estimate of drug-likeness (QED) is 0.315. The summed E-state index contributed by atoms with van der Waals surface area (Å²) in [4.78, 5) is 15.0. The molecule has 0 bridgehead atoms. The number of nitrogens with zero attached hydrogens (tertiary/aromatic N) is 1. The normalized spacial score (nSPS) is 17.6. The average Bonchev–Trinajstić information content (AvgIpc) is 3.40. The SMILES string of the molecule is O=C(Cc1ccc(-c2ccc(C(F)(F)F)cc2)o1)NC1CCN(Cc2ccc(OC3CCNCC3)c(Br)c2)CC1.